The molecule has 0 spiro atoms. The molecular weight excluding hydrogens is 384 g/mol. The average molecular weight is 415 g/mol. The van der Waals surface area contributed by atoms with Gasteiger partial charge in [-0.1, -0.05) is 26.0 Å². The Morgan fingerprint density at radius 3 is 2.43 bits per heavy atom. The van der Waals surface area contributed by atoms with Crippen molar-refractivity contribution < 1.29 is 23.7 Å². The van der Waals surface area contributed by atoms with Crippen LogP contribution in [0.1, 0.15) is 42.9 Å². The van der Waals surface area contributed by atoms with Gasteiger partial charge in [-0.15, -0.1) is 0 Å². The molecule has 0 radical (unpaired) electrons. The van der Waals surface area contributed by atoms with E-state index in [4.69, 9.17) is 14.2 Å². The van der Waals surface area contributed by atoms with E-state index < -0.39 is 6.09 Å². The average Bonchev–Trinajstić information content (AvgIpc) is 2.73. The van der Waals surface area contributed by atoms with Gasteiger partial charge in [0.25, 0.3) is 0 Å². The van der Waals surface area contributed by atoms with Gasteiger partial charge in [0.2, 0.25) is 0 Å². The van der Waals surface area contributed by atoms with Gasteiger partial charge >= 0.3 is 6.09 Å². The molecule has 30 heavy (non-hydrogen) atoms. The summed E-state index contributed by atoms with van der Waals surface area (Å²) >= 11 is 0. The number of benzene rings is 2. The first-order chi connectivity index (χ1) is 14.4. The third-order valence-electron chi connectivity index (χ3n) is 4.34. The van der Waals surface area contributed by atoms with Gasteiger partial charge in [0.15, 0.2) is 11.5 Å². The highest BCUT2D eigenvalue weighted by Gasteiger charge is 2.09. The second-order valence-electron chi connectivity index (χ2n) is 7.02. The van der Waals surface area contributed by atoms with E-state index in [-0.39, 0.29) is 0 Å². The smallest absolute Gasteiger partial charge is 0.427 e. The Morgan fingerprint density at radius 2 is 1.77 bits per heavy atom. The molecule has 0 heterocycles. The second kappa shape index (κ2) is 11.7. The van der Waals surface area contributed by atoms with Gasteiger partial charge in [-0.3, -0.25) is 0 Å². The lowest BCUT2D eigenvalue weighted by Gasteiger charge is -2.15. The fourth-order valence-corrected chi connectivity index (χ4v) is 2.76. The molecule has 0 saturated heterocycles. The van der Waals surface area contributed by atoms with Gasteiger partial charge in [-0.25, -0.2) is 10.2 Å². The minimum atomic E-state index is -0.633. The summed E-state index contributed by atoms with van der Waals surface area (Å²) in [7, 11) is 2.85. The zero-order valence-electron chi connectivity index (χ0n) is 18.2. The van der Waals surface area contributed by atoms with Crippen molar-refractivity contribution in [3.8, 4) is 17.2 Å². The molecular formula is C23H30N2O5. The maximum Gasteiger partial charge on any atom is 0.427 e. The number of rotatable bonds is 10. The van der Waals surface area contributed by atoms with Crippen molar-refractivity contribution in [1.82, 2.24) is 5.43 Å². The Balaban J connectivity index is 1.86. The molecule has 2 aromatic carbocycles. The van der Waals surface area contributed by atoms with Crippen LogP contribution in [0.3, 0.4) is 0 Å². The van der Waals surface area contributed by atoms with Crippen molar-refractivity contribution in [2.75, 3.05) is 27.4 Å². The minimum Gasteiger partial charge on any atom is -0.493 e. The topological polar surface area (TPSA) is 78.4 Å². The molecule has 0 aromatic heterocycles. The summed E-state index contributed by atoms with van der Waals surface area (Å²) in [6.07, 6.45) is 1.60. The fraction of sp³-hybridized carbons (Fsp3) is 0.391. The van der Waals surface area contributed by atoms with E-state index in [9.17, 15) is 4.79 Å². The summed E-state index contributed by atoms with van der Waals surface area (Å²) in [6, 6.07) is 11.7. The lowest BCUT2D eigenvalue weighted by Crippen LogP contribution is -2.16. The predicted molar refractivity (Wildman–Crippen MR) is 117 cm³/mol. The fourth-order valence-electron chi connectivity index (χ4n) is 2.76. The van der Waals surface area contributed by atoms with Crippen molar-refractivity contribution in [3.05, 3.63) is 53.1 Å². The number of hydrazone groups is 1. The Hall–Kier alpha value is -3.22. The molecule has 7 heteroatoms. The SMILES string of the molecule is COC(=O)NN=Cc1ccc(OCCCOc2cc(C)ccc2C(C)C)c(OC)c1. The number of ether oxygens (including phenoxy) is 4. The molecule has 1 N–H and O–H groups in total. The maximum absolute atomic E-state index is 11.0. The third-order valence-corrected chi connectivity index (χ3v) is 4.34. The molecule has 0 saturated carbocycles. The van der Waals surface area contributed by atoms with Crippen LogP contribution < -0.4 is 19.6 Å². The molecule has 0 atom stereocenters. The van der Waals surface area contributed by atoms with E-state index in [0.717, 1.165) is 17.7 Å². The van der Waals surface area contributed by atoms with E-state index in [2.05, 4.69) is 54.2 Å². The van der Waals surface area contributed by atoms with Crippen LogP contribution in [0, 0.1) is 6.92 Å². The number of nitrogens with zero attached hydrogens (tertiary/aromatic N) is 1. The lowest BCUT2D eigenvalue weighted by atomic mass is 10.0. The summed E-state index contributed by atoms with van der Waals surface area (Å²) in [5, 5.41) is 3.80. The van der Waals surface area contributed by atoms with Crippen LogP contribution in [0.25, 0.3) is 0 Å². The van der Waals surface area contributed by atoms with Crippen LogP contribution in [0.4, 0.5) is 4.79 Å². The predicted octanol–water partition coefficient (Wildman–Crippen LogP) is 4.66. The van der Waals surface area contributed by atoms with E-state index in [0.29, 0.717) is 30.6 Å². The van der Waals surface area contributed by atoms with E-state index in [1.165, 1.54) is 24.5 Å². The standard InChI is InChI=1S/C23H30N2O5/c1-16(2)19-9-7-17(3)13-21(19)30-12-6-11-29-20-10-8-18(14-22(20)27-4)15-24-25-23(26)28-5/h7-10,13-16H,6,11-12H2,1-5H3,(H,25,26). The monoisotopic (exact) mass is 414 g/mol. The first-order valence-electron chi connectivity index (χ1n) is 9.85. The zero-order valence-corrected chi connectivity index (χ0v) is 18.2. The molecule has 0 fully saturated rings. The van der Waals surface area contributed by atoms with Gasteiger partial charge in [-0.2, -0.15) is 5.10 Å². The van der Waals surface area contributed by atoms with E-state index >= 15 is 0 Å². The first-order valence-corrected chi connectivity index (χ1v) is 9.85. The number of nitrogens with one attached hydrogen (secondary N) is 1. The van der Waals surface area contributed by atoms with Crippen molar-refractivity contribution in [2.24, 2.45) is 5.10 Å². The van der Waals surface area contributed by atoms with Crippen LogP contribution in [-0.2, 0) is 4.74 Å². The number of aryl methyl sites for hydroxylation is 1. The highest BCUT2D eigenvalue weighted by atomic mass is 16.5. The van der Waals surface area contributed by atoms with Crippen LogP contribution in [0.15, 0.2) is 41.5 Å². The van der Waals surface area contributed by atoms with E-state index in [1.54, 1.807) is 19.2 Å². The van der Waals surface area contributed by atoms with Gasteiger partial charge in [0.1, 0.15) is 5.75 Å². The number of hydrogen-bond donors (Lipinski definition) is 1. The number of amides is 1. The molecule has 0 unspecified atom stereocenters. The highest BCUT2D eigenvalue weighted by Crippen LogP contribution is 2.29. The minimum absolute atomic E-state index is 0.408. The lowest BCUT2D eigenvalue weighted by molar-refractivity contribution is 0.171. The molecule has 7 nitrogen and oxygen atoms in total. The number of methoxy groups -OCH3 is 2. The highest BCUT2D eigenvalue weighted by molar-refractivity contribution is 5.82. The molecule has 2 aromatic rings. The molecule has 2 rings (SSSR count). The van der Waals surface area contributed by atoms with Crippen LogP contribution in [-0.4, -0.2) is 39.7 Å². The Morgan fingerprint density at radius 1 is 1.03 bits per heavy atom. The quantitative estimate of drug-likeness (QED) is 0.347. The van der Waals surface area contributed by atoms with Crippen LogP contribution in [0.5, 0.6) is 17.2 Å². The van der Waals surface area contributed by atoms with Gasteiger partial charge in [0.05, 0.1) is 33.6 Å². The van der Waals surface area contributed by atoms with Crippen molar-refractivity contribution in [3.63, 3.8) is 0 Å². The Bertz CT molecular complexity index is 865. The van der Waals surface area contributed by atoms with Crippen molar-refractivity contribution in [2.45, 2.75) is 33.1 Å². The van der Waals surface area contributed by atoms with E-state index in [1.807, 2.05) is 6.07 Å². The third kappa shape index (κ3) is 6.99. The second-order valence-corrected chi connectivity index (χ2v) is 7.02. The normalized spacial score (nSPS) is 10.9. The van der Waals surface area contributed by atoms with Crippen molar-refractivity contribution >= 4 is 12.3 Å². The zero-order chi connectivity index (χ0) is 21.9. The molecule has 162 valence electrons. The molecule has 0 aliphatic carbocycles. The maximum atomic E-state index is 11.0. The number of carbonyl (C=O) groups is 1. The molecule has 0 bridgehead atoms. The summed E-state index contributed by atoms with van der Waals surface area (Å²) in [5.74, 6) is 2.56. The van der Waals surface area contributed by atoms with Gasteiger partial charge in [0, 0.05) is 6.42 Å². The first kappa shape index (κ1) is 23.1. The Kier molecular flexibility index (Phi) is 9.00. The van der Waals surface area contributed by atoms with Crippen LogP contribution in [0.2, 0.25) is 0 Å². The molecule has 0 aliphatic heterocycles. The van der Waals surface area contributed by atoms with Gasteiger partial charge in [-0.05, 0) is 53.8 Å². The number of hydrogen-bond acceptors (Lipinski definition) is 6. The van der Waals surface area contributed by atoms with Crippen LogP contribution >= 0.6 is 0 Å². The van der Waals surface area contributed by atoms with Gasteiger partial charge < -0.3 is 18.9 Å². The molecule has 1 amide bonds. The summed E-state index contributed by atoms with van der Waals surface area (Å²) in [4.78, 5) is 11.0. The summed E-state index contributed by atoms with van der Waals surface area (Å²) < 4.78 is 21.7. The molecule has 0 aliphatic rings. The van der Waals surface area contributed by atoms with Crippen molar-refractivity contribution in [1.29, 1.82) is 0 Å². The summed E-state index contributed by atoms with van der Waals surface area (Å²) in [5.41, 5.74) is 5.37. The largest absolute Gasteiger partial charge is 0.493 e. The number of carbonyl (C=O) groups excluding carboxylic acids is 1. The summed E-state index contributed by atoms with van der Waals surface area (Å²) in [6.45, 7) is 7.44. The Labute approximate surface area is 178 Å².